The van der Waals surface area contributed by atoms with Gasteiger partial charge in [-0.25, -0.2) is 4.98 Å². The van der Waals surface area contributed by atoms with Gasteiger partial charge in [-0.15, -0.1) is 0 Å². The fraction of sp³-hybridized carbons (Fsp3) is 0.389. The molecule has 6 nitrogen and oxygen atoms in total. The van der Waals surface area contributed by atoms with E-state index in [2.05, 4.69) is 15.3 Å². The van der Waals surface area contributed by atoms with Gasteiger partial charge < -0.3 is 15.2 Å². The summed E-state index contributed by atoms with van der Waals surface area (Å²) in [6.07, 6.45) is 2.22. The number of nitrogens with one attached hydrogen (secondary N) is 1. The Hall–Kier alpha value is -1.73. The molecule has 0 spiro atoms. The van der Waals surface area contributed by atoms with Gasteiger partial charge in [0.15, 0.2) is 0 Å². The number of amides is 1. The first kappa shape index (κ1) is 17.7. The van der Waals surface area contributed by atoms with Crippen molar-refractivity contribution in [3.63, 3.8) is 0 Å². The number of hydrogen-bond donors (Lipinski definition) is 2. The Kier molecular flexibility index (Phi) is 4.61. The van der Waals surface area contributed by atoms with E-state index in [0.717, 1.165) is 11.3 Å². The average Bonchev–Trinajstić information content (AvgIpc) is 3.15. The van der Waals surface area contributed by atoms with E-state index < -0.39 is 18.1 Å². The lowest BCUT2D eigenvalue weighted by atomic mass is 9.74. The Morgan fingerprint density at radius 3 is 2.85 bits per heavy atom. The van der Waals surface area contributed by atoms with Gasteiger partial charge in [0.05, 0.1) is 34.3 Å². The third-order valence-corrected chi connectivity index (χ3v) is 5.71. The highest BCUT2D eigenvalue weighted by Crippen LogP contribution is 2.49. The largest absolute Gasteiger partial charge is 0.390 e. The van der Waals surface area contributed by atoms with Crippen molar-refractivity contribution in [1.29, 1.82) is 0 Å². The van der Waals surface area contributed by atoms with E-state index in [1.54, 1.807) is 6.20 Å². The number of pyridine rings is 2. The molecule has 0 aromatic carbocycles. The van der Waals surface area contributed by atoms with E-state index in [9.17, 15) is 9.90 Å². The molecule has 4 rings (SSSR count). The summed E-state index contributed by atoms with van der Waals surface area (Å²) in [7, 11) is 0. The number of anilines is 1. The van der Waals surface area contributed by atoms with Gasteiger partial charge in [0.25, 0.3) is 0 Å². The number of hydrogen-bond acceptors (Lipinski definition) is 5. The second-order valence-electron chi connectivity index (χ2n) is 6.70. The molecule has 2 fully saturated rings. The van der Waals surface area contributed by atoms with E-state index in [-0.39, 0.29) is 17.9 Å². The molecule has 2 bridgehead atoms. The molecule has 4 heterocycles. The highest BCUT2D eigenvalue weighted by atomic mass is 35.5. The van der Waals surface area contributed by atoms with Gasteiger partial charge in [-0.3, -0.25) is 9.78 Å². The maximum atomic E-state index is 13.0. The minimum Gasteiger partial charge on any atom is -0.390 e. The molecule has 26 heavy (non-hydrogen) atoms. The summed E-state index contributed by atoms with van der Waals surface area (Å²) in [5.74, 6) is -0.554. The number of carbonyl (C=O) groups is 1. The normalized spacial score (nSPS) is 29.8. The molecular formula is C18H17Cl2N3O3. The topological polar surface area (TPSA) is 84.3 Å². The van der Waals surface area contributed by atoms with E-state index in [1.807, 2.05) is 19.1 Å². The van der Waals surface area contributed by atoms with Crippen molar-refractivity contribution < 1.29 is 14.6 Å². The number of carbonyl (C=O) groups excluding carboxylic acids is 1. The number of halogens is 2. The number of aliphatic hydroxyl groups is 1. The van der Waals surface area contributed by atoms with E-state index in [0.29, 0.717) is 22.3 Å². The van der Waals surface area contributed by atoms with Crippen molar-refractivity contribution >= 4 is 34.9 Å². The third kappa shape index (κ3) is 3.07. The number of fused-ring (bicyclic) bond motifs is 2. The molecule has 0 aliphatic carbocycles. The van der Waals surface area contributed by atoms with E-state index in [4.69, 9.17) is 27.9 Å². The second kappa shape index (κ2) is 6.78. The second-order valence-corrected chi connectivity index (χ2v) is 7.51. The number of aliphatic hydroxyl groups excluding tert-OH is 1. The number of rotatable bonds is 3. The standard InChI is InChI=1S/C18H17Cl2N3O3/c1-8-4-9(2-3-21-8)15-16(13-6-12(24)17(15)26-13)18(25)23-14-5-10(19)11(20)7-22-14/h2-5,7,12-13,15-17,24H,6H2,1H3,(H,22,23,25)/t12-,13+,15+,16+,17-/m0/s1. The van der Waals surface area contributed by atoms with Gasteiger partial charge in [0, 0.05) is 36.5 Å². The smallest absolute Gasteiger partial charge is 0.231 e. The molecule has 1 amide bonds. The molecule has 2 aromatic heterocycles. The monoisotopic (exact) mass is 393 g/mol. The minimum absolute atomic E-state index is 0.213. The Bertz CT molecular complexity index is 863. The molecular weight excluding hydrogens is 377 g/mol. The van der Waals surface area contributed by atoms with Crippen LogP contribution in [0.2, 0.25) is 10.0 Å². The molecule has 5 atom stereocenters. The summed E-state index contributed by atoms with van der Waals surface area (Å²) in [4.78, 5) is 21.3. The van der Waals surface area contributed by atoms with Crippen LogP contribution in [0.5, 0.6) is 0 Å². The predicted molar refractivity (Wildman–Crippen MR) is 97.4 cm³/mol. The van der Waals surface area contributed by atoms with E-state index in [1.165, 1.54) is 12.3 Å². The van der Waals surface area contributed by atoms with Crippen LogP contribution < -0.4 is 5.32 Å². The molecule has 8 heteroatoms. The maximum Gasteiger partial charge on any atom is 0.231 e. The Balaban J connectivity index is 1.62. The molecule has 0 radical (unpaired) electrons. The maximum absolute atomic E-state index is 13.0. The molecule has 136 valence electrons. The summed E-state index contributed by atoms with van der Waals surface area (Å²) in [6.45, 7) is 1.89. The molecule has 2 saturated heterocycles. The lowest BCUT2D eigenvalue weighted by Crippen LogP contribution is -2.41. The van der Waals surface area contributed by atoms with Gasteiger partial charge in [-0.2, -0.15) is 0 Å². The summed E-state index contributed by atoms with van der Waals surface area (Å²) in [6, 6.07) is 5.31. The lowest BCUT2D eigenvalue weighted by Gasteiger charge is -2.30. The SMILES string of the molecule is Cc1cc([C@H]2[C@H]3O[C@H](C[C@@H]3O)[C@H]2C(=O)Nc2cc(Cl)c(Cl)cn2)ccn1. The average molecular weight is 394 g/mol. The highest BCUT2D eigenvalue weighted by Gasteiger charge is 2.57. The number of ether oxygens (including phenoxy) is 1. The summed E-state index contributed by atoms with van der Waals surface area (Å²) in [5, 5.41) is 13.7. The van der Waals surface area contributed by atoms with Crippen LogP contribution in [0.1, 0.15) is 23.6 Å². The van der Waals surface area contributed by atoms with Crippen molar-refractivity contribution in [3.8, 4) is 0 Å². The first-order valence-electron chi connectivity index (χ1n) is 8.32. The zero-order valence-electron chi connectivity index (χ0n) is 13.9. The van der Waals surface area contributed by atoms with Crippen LogP contribution in [0.4, 0.5) is 5.82 Å². The Morgan fingerprint density at radius 1 is 1.31 bits per heavy atom. The molecule has 0 saturated carbocycles. The molecule has 2 aromatic rings. The van der Waals surface area contributed by atoms with Gasteiger partial charge in [-0.05, 0) is 24.6 Å². The van der Waals surface area contributed by atoms with Crippen LogP contribution in [0, 0.1) is 12.8 Å². The van der Waals surface area contributed by atoms with Crippen LogP contribution in [0.15, 0.2) is 30.6 Å². The van der Waals surface area contributed by atoms with Gasteiger partial charge in [-0.1, -0.05) is 23.2 Å². The summed E-state index contributed by atoms with van der Waals surface area (Å²) < 4.78 is 5.91. The third-order valence-electron chi connectivity index (χ3n) is 4.99. The minimum atomic E-state index is -0.578. The fourth-order valence-electron chi connectivity index (χ4n) is 3.91. The summed E-state index contributed by atoms with van der Waals surface area (Å²) >= 11 is 11.9. The first-order chi connectivity index (χ1) is 12.4. The van der Waals surface area contributed by atoms with Crippen molar-refractivity contribution in [2.24, 2.45) is 5.92 Å². The van der Waals surface area contributed by atoms with Crippen LogP contribution >= 0.6 is 23.2 Å². The van der Waals surface area contributed by atoms with Crippen LogP contribution in [-0.2, 0) is 9.53 Å². The zero-order valence-corrected chi connectivity index (χ0v) is 15.4. The molecule has 2 aliphatic rings. The van der Waals surface area contributed by atoms with Gasteiger partial charge in [0.1, 0.15) is 5.82 Å². The predicted octanol–water partition coefficient (Wildman–Crippen LogP) is 2.96. The Labute approximate surface area is 160 Å². The van der Waals surface area contributed by atoms with Crippen LogP contribution in [0.3, 0.4) is 0 Å². The molecule has 0 unspecified atom stereocenters. The van der Waals surface area contributed by atoms with Crippen molar-refractivity contribution in [1.82, 2.24) is 9.97 Å². The van der Waals surface area contributed by atoms with Crippen molar-refractivity contribution in [2.45, 2.75) is 37.6 Å². The van der Waals surface area contributed by atoms with Gasteiger partial charge in [0.2, 0.25) is 5.91 Å². The first-order valence-corrected chi connectivity index (χ1v) is 9.07. The van der Waals surface area contributed by atoms with Crippen LogP contribution in [-0.4, -0.2) is 39.3 Å². The Morgan fingerprint density at radius 2 is 2.12 bits per heavy atom. The van der Waals surface area contributed by atoms with Crippen molar-refractivity contribution in [3.05, 3.63) is 51.9 Å². The summed E-state index contributed by atoms with van der Waals surface area (Å²) in [5.41, 5.74) is 1.79. The highest BCUT2D eigenvalue weighted by molar-refractivity contribution is 6.42. The lowest BCUT2D eigenvalue weighted by molar-refractivity contribution is -0.122. The van der Waals surface area contributed by atoms with Crippen LogP contribution in [0.25, 0.3) is 0 Å². The number of nitrogens with zero attached hydrogens (tertiary/aromatic N) is 2. The van der Waals surface area contributed by atoms with E-state index >= 15 is 0 Å². The van der Waals surface area contributed by atoms with Gasteiger partial charge >= 0.3 is 0 Å². The fourth-order valence-corrected chi connectivity index (χ4v) is 4.16. The number of aryl methyl sites for hydroxylation is 1. The quantitative estimate of drug-likeness (QED) is 0.836. The zero-order chi connectivity index (χ0) is 18.4. The molecule has 2 aliphatic heterocycles. The molecule has 2 N–H and O–H groups in total. The number of aromatic nitrogens is 2. The van der Waals surface area contributed by atoms with Crippen molar-refractivity contribution in [2.75, 3.05) is 5.32 Å².